The van der Waals surface area contributed by atoms with Crippen molar-refractivity contribution in [3.63, 3.8) is 0 Å². The summed E-state index contributed by atoms with van der Waals surface area (Å²) in [5.74, 6) is -0.260. The number of rotatable bonds is 4. The first-order valence-corrected chi connectivity index (χ1v) is 5.54. The molecule has 2 aromatic rings. The van der Waals surface area contributed by atoms with Gasteiger partial charge in [0.2, 0.25) is 0 Å². The number of benzene rings is 1. The van der Waals surface area contributed by atoms with Crippen LogP contribution < -0.4 is 4.74 Å². The van der Waals surface area contributed by atoms with Crippen LogP contribution in [-0.4, -0.2) is 23.3 Å². The Bertz CT molecular complexity index is 574. The van der Waals surface area contributed by atoms with E-state index >= 15 is 0 Å². The zero-order valence-electron chi connectivity index (χ0n) is 10.1. The molecule has 0 saturated heterocycles. The maximum Gasteiger partial charge on any atom is 0.341 e. The van der Waals surface area contributed by atoms with E-state index in [2.05, 4.69) is 5.16 Å². The topological polar surface area (TPSA) is 72.6 Å². The van der Waals surface area contributed by atoms with Gasteiger partial charge in [-0.15, -0.1) is 0 Å². The molecule has 1 aromatic heterocycles. The Labute approximate surface area is 104 Å². The zero-order chi connectivity index (χ0) is 13.1. The summed E-state index contributed by atoms with van der Waals surface area (Å²) in [6.07, 6.45) is 0.500. The second-order valence-corrected chi connectivity index (χ2v) is 3.69. The SMILES string of the molecule is CCc1noc(-c2ccccc2OC)c1C(=O)O. The molecule has 0 saturated carbocycles. The highest BCUT2D eigenvalue weighted by atomic mass is 16.5. The lowest BCUT2D eigenvalue weighted by atomic mass is 10.0. The Morgan fingerprint density at radius 3 is 2.78 bits per heavy atom. The van der Waals surface area contributed by atoms with Crippen molar-refractivity contribution in [1.29, 1.82) is 0 Å². The number of hydrogen-bond acceptors (Lipinski definition) is 4. The summed E-state index contributed by atoms with van der Waals surface area (Å²) < 4.78 is 10.4. The molecule has 1 N–H and O–H groups in total. The van der Waals surface area contributed by atoms with E-state index in [0.717, 1.165) is 0 Å². The Balaban J connectivity index is 2.64. The molecule has 0 aliphatic carbocycles. The first kappa shape index (κ1) is 12.2. The number of aryl methyl sites for hydroxylation is 1. The highest BCUT2D eigenvalue weighted by molar-refractivity contribution is 5.96. The summed E-state index contributed by atoms with van der Waals surface area (Å²) in [5.41, 5.74) is 1.12. The molecule has 94 valence electrons. The van der Waals surface area contributed by atoms with E-state index in [-0.39, 0.29) is 11.3 Å². The number of hydrogen-bond donors (Lipinski definition) is 1. The molecule has 1 heterocycles. The lowest BCUT2D eigenvalue weighted by Gasteiger charge is -2.05. The number of ether oxygens (including phenoxy) is 1. The summed E-state index contributed by atoms with van der Waals surface area (Å²) in [4.78, 5) is 11.3. The van der Waals surface area contributed by atoms with Crippen LogP contribution in [0.3, 0.4) is 0 Å². The molecule has 1 aromatic carbocycles. The average Bonchev–Trinajstić information content (AvgIpc) is 2.82. The molecule has 2 rings (SSSR count). The van der Waals surface area contributed by atoms with Crippen molar-refractivity contribution in [3.05, 3.63) is 35.5 Å². The van der Waals surface area contributed by atoms with Gasteiger partial charge in [-0.25, -0.2) is 4.79 Å². The molecule has 0 aliphatic heterocycles. The van der Waals surface area contributed by atoms with Crippen LogP contribution in [-0.2, 0) is 6.42 Å². The molecule has 18 heavy (non-hydrogen) atoms. The van der Waals surface area contributed by atoms with Crippen LogP contribution in [0.25, 0.3) is 11.3 Å². The van der Waals surface area contributed by atoms with Gasteiger partial charge in [0.05, 0.1) is 18.4 Å². The number of carboxylic acid groups (broad SMARTS) is 1. The van der Waals surface area contributed by atoms with Gasteiger partial charge in [0.1, 0.15) is 11.3 Å². The number of carboxylic acids is 1. The van der Waals surface area contributed by atoms with E-state index in [1.807, 2.05) is 6.92 Å². The smallest absolute Gasteiger partial charge is 0.341 e. The van der Waals surface area contributed by atoms with Crippen molar-refractivity contribution < 1.29 is 19.2 Å². The number of aromatic nitrogens is 1. The summed E-state index contributed by atoms with van der Waals surface area (Å²) >= 11 is 0. The summed E-state index contributed by atoms with van der Waals surface area (Å²) in [6.45, 7) is 1.83. The third-order valence-corrected chi connectivity index (χ3v) is 2.66. The third-order valence-electron chi connectivity index (χ3n) is 2.66. The van der Waals surface area contributed by atoms with E-state index in [0.29, 0.717) is 23.4 Å². The van der Waals surface area contributed by atoms with Crippen molar-refractivity contribution >= 4 is 5.97 Å². The fourth-order valence-electron chi connectivity index (χ4n) is 1.80. The summed E-state index contributed by atoms with van der Waals surface area (Å²) in [5, 5.41) is 13.0. The largest absolute Gasteiger partial charge is 0.496 e. The second-order valence-electron chi connectivity index (χ2n) is 3.69. The van der Waals surface area contributed by atoms with Crippen LogP contribution in [0, 0.1) is 0 Å². The van der Waals surface area contributed by atoms with E-state index in [9.17, 15) is 9.90 Å². The molecular formula is C13H13NO4. The fraction of sp³-hybridized carbons (Fsp3) is 0.231. The van der Waals surface area contributed by atoms with Gasteiger partial charge in [-0.05, 0) is 18.6 Å². The average molecular weight is 247 g/mol. The third kappa shape index (κ3) is 1.95. The number of nitrogens with zero attached hydrogens (tertiary/aromatic N) is 1. The Kier molecular flexibility index (Phi) is 3.32. The zero-order valence-corrected chi connectivity index (χ0v) is 10.1. The van der Waals surface area contributed by atoms with Gasteiger partial charge < -0.3 is 14.4 Å². The van der Waals surface area contributed by atoms with Crippen LogP contribution in [0.5, 0.6) is 5.75 Å². The van der Waals surface area contributed by atoms with E-state index in [1.165, 1.54) is 7.11 Å². The van der Waals surface area contributed by atoms with Crippen LogP contribution >= 0.6 is 0 Å². The van der Waals surface area contributed by atoms with Crippen molar-refractivity contribution in [3.8, 4) is 17.1 Å². The Hall–Kier alpha value is -2.30. The lowest BCUT2D eigenvalue weighted by molar-refractivity contribution is 0.0696. The number of methoxy groups -OCH3 is 1. The molecule has 0 radical (unpaired) electrons. The second kappa shape index (κ2) is 4.91. The molecule has 5 heteroatoms. The first-order chi connectivity index (χ1) is 8.69. The minimum Gasteiger partial charge on any atom is -0.496 e. The van der Waals surface area contributed by atoms with Gasteiger partial charge >= 0.3 is 5.97 Å². The molecule has 0 atom stereocenters. The minimum absolute atomic E-state index is 0.0991. The van der Waals surface area contributed by atoms with E-state index < -0.39 is 5.97 Å². The predicted octanol–water partition coefficient (Wildman–Crippen LogP) is 2.61. The van der Waals surface area contributed by atoms with Crippen molar-refractivity contribution in [2.45, 2.75) is 13.3 Å². The Morgan fingerprint density at radius 2 is 2.17 bits per heavy atom. The highest BCUT2D eigenvalue weighted by Gasteiger charge is 2.24. The van der Waals surface area contributed by atoms with Crippen LogP contribution in [0.15, 0.2) is 28.8 Å². The van der Waals surface area contributed by atoms with Gasteiger partial charge in [-0.1, -0.05) is 24.2 Å². The van der Waals surface area contributed by atoms with Crippen molar-refractivity contribution in [2.24, 2.45) is 0 Å². The van der Waals surface area contributed by atoms with E-state index in [4.69, 9.17) is 9.26 Å². The number of para-hydroxylation sites is 1. The van der Waals surface area contributed by atoms with Gasteiger partial charge in [-0.3, -0.25) is 0 Å². The molecule has 0 amide bonds. The van der Waals surface area contributed by atoms with Gasteiger partial charge in [-0.2, -0.15) is 0 Å². The fourth-order valence-corrected chi connectivity index (χ4v) is 1.80. The van der Waals surface area contributed by atoms with Crippen molar-refractivity contribution in [1.82, 2.24) is 5.16 Å². The molecular weight excluding hydrogens is 234 g/mol. The standard InChI is InChI=1S/C13H13NO4/c1-3-9-11(13(15)16)12(18-14-9)8-6-4-5-7-10(8)17-2/h4-7H,3H2,1-2H3,(H,15,16). The maximum absolute atomic E-state index is 11.3. The Morgan fingerprint density at radius 1 is 1.44 bits per heavy atom. The molecule has 0 unspecified atom stereocenters. The lowest BCUT2D eigenvalue weighted by Crippen LogP contribution is -2.01. The normalized spacial score (nSPS) is 10.3. The first-order valence-electron chi connectivity index (χ1n) is 5.54. The van der Waals surface area contributed by atoms with Crippen LogP contribution in [0.4, 0.5) is 0 Å². The van der Waals surface area contributed by atoms with Gasteiger partial charge in [0.25, 0.3) is 0 Å². The summed E-state index contributed by atoms with van der Waals surface area (Å²) in [7, 11) is 1.52. The monoisotopic (exact) mass is 247 g/mol. The maximum atomic E-state index is 11.3. The molecule has 0 spiro atoms. The highest BCUT2D eigenvalue weighted by Crippen LogP contribution is 2.33. The van der Waals surface area contributed by atoms with Gasteiger partial charge in [0.15, 0.2) is 5.76 Å². The van der Waals surface area contributed by atoms with Crippen LogP contribution in [0.2, 0.25) is 0 Å². The minimum atomic E-state index is -1.05. The van der Waals surface area contributed by atoms with E-state index in [1.54, 1.807) is 24.3 Å². The molecule has 0 bridgehead atoms. The predicted molar refractivity (Wildman–Crippen MR) is 64.8 cm³/mol. The van der Waals surface area contributed by atoms with Crippen molar-refractivity contribution in [2.75, 3.05) is 7.11 Å². The molecule has 0 aliphatic rings. The quantitative estimate of drug-likeness (QED) is 0.899. The molecule has 0 fully saturated rings. The van der Waals surface area contributed by atoms with Crippen LogP contribution in [0.1, 0.15) is 23.0 Å². The van der Waals surface area contributed by atoms with Gasteiger partial charge in [0, 0.05) is 0 Å². The number of carbonyl (C=O) groups is 1. The number of aromatic carboxylic acids is 1. The molecule has 5 nitrogen and oxygen atoms in total. The summed E-state index contributed by atoms with van der Waals surface area (Å²) in [6, 6.07) is 7.08.